The summed E-state index contributed by atoms with van der Waals surface area (Å²) >= 11 is 1.66. The zero-order valence-electron chi connectivity index (χ0n) is 13.0. The molecule has 1 aliphatic rings. The lowest BCUT2D eigenvalue weighted by Crippen LogP contribution is -2.43. The van der Waals surface area contributed by atoms with Crippen LogP contribution in [-0.4, -0.2) is 45.2 Å². The number of aryl methyl sites for hydroxylation is 2. The SMILES string of the molecule is Cc1nc2n(n1)C[C@H](NCC(=O)N(C)Cc1ccsc1)CC2. The molecule has 0 aromatic carbocycles. The van der Waals surface area contributed by atoms with Crippen molar-refractivity contribution in [1.29, 1.82) is 0 Å². The molecule has 118 valence electrons. The Morgan fingerprint density at radius 2 is 2.45 bits per heavy atom. The molecule has 1 aliphatic heterocycles. The second-order valence-electron chi connectivity index (χ2n) is 5.76. The van der Waals surface area contributed by atoms with E-state index >= 15 is 0 Å². The monoisotopic (exact) mass is 319 g/mol. The van der Waals surface area contributed by atoms with Gasteiger partial charge in [0.2, 0.25) is 5.91 Å². The van der Waals surface area contributed by atoms with Gasteiger partial charge in [0, 0.05) is 26.1 Å². The van der Waals surface area contributed by atoms with Gasteiger partial charge in [-0.05, 0) is 35.7 Å². The zero-order chi connectivity index (χ0) is 15.5. The average molecular weight is 319 g/mol. The molecule has 0 spiro atoms. The lowest BCUT2D eigenvalue weighted by Gasteiger charge is -2.24. The molecule has 0 bridgehead atoms. The number of amides is 1. The van der Waals surface area contributed by atoms with Gasteiger partial charge in [-0.25, -0.2) is 9.67 Å². The topological polar surface area (TPSA) is 63.1 Å². The molecule has 2 aromatic rings. The number of fused-ring (bicyclic) bond motifs is 1. The van der Waals surface area contributed by atoms with Crippen molar-refractivity contribution in [3.63, 3.8) is 0 Å². The first-order chi connectivity index (χ1) is 10.6. The molecule has 0 radical (unpaired) electrons. The Kier molecular flexibility index (Phi) is 4.54. The molecule has 1 N–H and O–H groups in total. The number of hydrogen-bond donors (Lipinski definition) is 1. The van der Waals surface area contributed by atoms with E-state index in [-0.39, 0.29) is 11.9 Å². The van der Waals surface area contributed by atoms with Gasteiger partial charge in [0.1, 0.15) is 11.6 Å². The largest absolute Gasteiger partial charge is 0.340 e. The summed E-state index contributed by atoms with van der Waals surface area (Å²) < 4.78 is 1.95. The van der Waals surface area contributed by atoms with Crippen molar-refractivity contribution in [3.05, 3.63) is 34.0 Å². The van der Waals surface area contributed by atoms with Gasteiger partial charge in [-0.15, -0.1) is 0 Å². The second-order valence-corrected chi connectivity index (χ2v) is 6.54. The van der Waals surface area contributed by atoms with Crippen molar-refractivity contribution in [2.45, 2.75) is 38.9 Å². The summed E-state index contributed by atoms with van der Waals surface area (Å²) in [6.07, 6.45) is 1.91. The van der Waals surface area contributed by atoms with Crippen LogP contribution in [0.4, 0.5) is 0 Å². The van der Waals surface area contributed by atoms with E-state index in [1.54, 1.807) is 16.2 Å². The number of carbonyl (C=O) groups excluding carboxylic acids is 1. The van der Waals surface area contributed by atoms with Crippen molar-refractivity contribution in [2.24, 2.45) is 0 Å². The minimum absolute atomic E-state index is 0.117. The summed E-state index contributed by atoms with van der Waals surface area (Å²) in [5.74, 6) is 1.99. The number of hydrogen-bond acceptors (Lipinski definition) is 5. The van der Waals surface area contributed by atoms with Crippen LogP contribution in [0, 0.1) is 6.92 Å². The fourth-order valence-corrected chi connectivity index (χ4v) is 3.37. The number of likely N-dealkylation sites (N-methyl/N-ethyl adjacent to an activating group) is 1. The van der Waals surface area contributed by atoms with Gasteiger partial charge >= 0.3 is 0 Å². The molecule has 3 rings (SSSR count). The Labute approximate surface area is 134 Å². The van der Waals surface area contributed by atoms with Gasteiger partial charge in [-0.1, -0.05) is 0 Å². The van der Waals surface area contributed by atoms with Crippen molar-refractivity contribution in [2.75, 3.05) is 13.6 Å². The first-order valence-corrected chi connectivity index (χ1v) is 8.45. The van der Waals surface area contributed by atoms with Crippen molar-refractivity contribution in [3.8, 4) is 0 Å². The molecule has 0 saturated carbocycles. The van der Waals surface area contributed by atoms with Gasteiger partial charge in [0.25, 0.3) is 0 Å². The number of nitrogens with one attached hydrogen (secondary N) is 1. The summed E-state index contributed by atoms with van der Waals surface area (Å²) in [6, 6.07) is 2.34. The maximum absolute atomic E-state index is 12.2. The van der Waals surface area contributed by atoms with E-state index in [1.807, 2.05) is 24.0 Å². The average Bonchev–Trinajstić information content (AvgIpc) is 3.12. The fraction of sp³-hybridized carbons (Fsp3) is 0.533. The molecular formula is C15H21N5OS. The summed E-state index contributed by atoms with van der Waals surface area (Å²) in [4.78, 5) is 18.4. The molecule has 6 nitrogen and oxygen atoms in total. The highest BCUT2D eigenvalue weighted by atomic mass is 32.1. The van der Waals surface area contributed by atoms with Crippen LogP contribution in [0.2, 0.25) is 0 Å². The third-order valence-electron chi connectivity index (χ3n) is 3.93. The van der Waals surface area contributed by atoms with Gasteiger partial charge in [-0.3, -0.25) is 4.79 Å². The molecule has 7 heteroatoms. The first kappa shape index (κ1) is 15.2. The molecule has 1 atom stereocenters. The van der Waals surface area contributed by atoms with Gasteiger partial charge < -0.3 is 10.2 Å². The lowest BCUT2D eigenvalue weighted by molar-refractivity contribution is -0.129. The van der Waals surface area contributed by atoms with Crippen LogP contribution in [0.15, 0.2) is 16.8 Å². The number of aromatic nitrogens is 3. The fourth-order valence-electron chi connectivity index (χ4n) is 2.71. The normalized spacial score (nSPS) is 17.3. The van der Waals surface area contributed by atoms with E-state index in [2.05, 4.69) is 26.8 Å². The predicted octanol–water partition coefficient (Wildman–Crippen LogP) is 1.21. The molecular weight excluding hydrogens is 298 g/mol. The number of carbonyl (C=O) groups is 1. The summed E-state index contributed by atoms with van der Waals surface area (Å²) in [5.41, 5.74) is 1.18. The molecule has 0 aliphatic carbocycles. The van der Waals surface area contributed by atoms with E-state index in [1.165, 1.54) is 5.56 Å². The third-order valence-corrected chi connectivity index (χ3v) is 4.66. The minimum Gasteiger partial charge on any atom is -0.340 e. The van der Waals surface area contributed by atoms with Crippen LogP contribution in [0.3, 0.4) is 0 Å². The lowest BCUT2D eigenvalue weighted by atomic mass is 10.1. The molecule has 0 fully saturated rings. The van der Waals surface area contributed by atoms with E-state index in [0.717, 1.165) is 31.0 Å². The van der Waals surface area contributed by atoms with Crippen LogP contribution in [0.1, 0.15) is 23.6 Å². The first-order valence-electron chi connectivity index (χ1n) is 7.50. The van der Waals surface area contributed by atoms with E-state index in [9.17, 15) is 4.79 Å². The second kappa shape index (κ2) is 6.58. The summed E-state index contributed by atoms with van der Waals surface area (Å²) in [7, 11) is 1.85. The zero-order valence-corrected chi connectivity index (χ0v) is 13.8. The highest BCUT2D eigenvalue weighted by molar-refractivity contribution is 7.07. The Morgan fingerprint density at radius 1 is 1.59 bits per heavy atom. The maximum Gasteiger partial charge on any atom is 0.236 e. The maximum atomic E-state index is 12.2. The van der Waals surface area contributed by atoms with Crippen LogP contribution in [0.5, 0.6) is 0 Å². The molecule has 0 unspecified atom stereocenters. The minimum atomic E-state index is 0.117. The number of nitrogens with zero attached hydrogens (tertiary/aromatic N) is 4. The van der Waals surface area contributed by atoms with E-state index in [4.69, 9.17) is 0 Å². The smallest absolute Gasteiger partial charge is 0.236 e. The quantitative estimate of drug-likeness (QED) is 0.900. The van der Waals surface area contributed by atoms with Crippen molar-refractivity contribution < 1.29 is 4.79 Å². The van der Waals surface area contributed by atoms with Crippen molar-refractivity contribution in [1.82, 2.24) is 25.0 Å². The van der Waals surface area contributed by atoms with Crippen LogP contribution >= 0.6 is 11.3 Å². The van der Waals surface area contributed by atoms with Crippen LogP contribution in [-0.2, 0) is 24.3 Å². The Morgan fingerprint density at radius 3 is 3.23 bits per heavy atom. The highest BCUT2D eigenvalue weighted by Gasteiger charge is 2.21. The number of thiophene rings is 1. The van der Waals surface area contributed by atoms with Gasteiger partial charge in [0.15, 0.2) is 0 Å². The van der Waals surface area contributed by atoms with Gasteiger partial charge in [-0.2, -0.15) is 16.4 Å². The summed E-state index contributed by atoms with van der Waals surface area (Å²) in [5, 5.41) is 11.8. The van der Waals surface area contributed by atoms with Gasteiger partial charge in [0.05, 0.1) is 13.1 Å². The Balaban J connectivity index is 1.47. The van der Waals surface area contributed by atoms with Crippen LogP contribution in [0.25, 0.3) is 0 Å². The predicted molar refractivity (Wildman–Crippen MR) is 85.7 cm³/mol. The van der Waals surface area contributed by atoms with E-state index in [0.29, 0.717) is 13.1 Å². The Bertz CT molecular complexity index is 636. The molecule has 0 saturated heterocycles. The number of rotatable bonds is 5. The molecule has 2 aromatic heterocycles. The molecule has 22 heavy (non-hydrogen) atoms. The molecule has 1 amide bonds. The van der Waals surface area contributed by atoms with Crippen LogP contribution < -0.4 is 5.32 Å². The van der Waals surface area contributed by atoms with Crippen molar-refractivity contribution >= 4 is 17.2 Å². The third kappa shape index (κ3) is 3.53. The standard InChI is InChI=1S/C15H21N5OS/c1-11-17-14-4-3-13(9-20(14)18-11)16-7-15(21)19(2)8-12-5-6-22-10-12/h5-6,10,13,16H,3-4,7-9H2,1-2H3/t13-/m1/s1. The highest BCUT2D eigenvalue weighted by Crippen LogP contribution is 2.13. The Hall–Kier alpha value is -1.73. The summed E-state index contributed by atoms with van der Waals surface area (Å²) in [6.45, 7) is 3.74. The van der Waals surface area contributed by atoms with E-state index < -0.39 is 0 Å². The molecule has 3 heterocycles.